The third-order valence-corrected chi connectivity index (χ3v) is 28.9. The number of hydrogen-bond donors (Lipinski definition) is 0. The Kier molecular flexibility index (Phi) is 21.6. The second kappa shape index (κ2) is 37.0. The summed E-state index contributed by atoms with van der Waals surface area (Å²) in [6, 6.07) is 187. The van der Waals surface area contributed by atoms with Crippen LogP contribution in [0.15, 0.2) is 534 Å². The molecule has 0 fully saturated rings. The monoisotopic (exact) mass is 1920 g/mol. The normalized spacial score (nSPS) is 11.6. The van der Waals surface area contributed by atoms with E-state index in [0.717, 1.165) is 118 Å². The van der Waals surface area contributed by atoms with Crippen LogP contribution in [0.25, 0.3) is 267 Å². The van der Waals surface area contributed by atoms with Gasteiger partial charge in [0.25, 0.3) is 0 Å². The molecule has 702 valence electrons. The average Bonchev–Trinajstić information content (AvgIpc) is 1.60. The van der Waals surface area contributed by atoms with Crippen molar-refractivity contribution in [2.24, 2.45) is 0 Å². The SMILES string of the molecule is c1ccc(-c2nc(-c3ccc(-n4c5ccccc5c5ccccc54)cc3)nc(-c3ccc(-n4c5ccccc5c5ccccc54)cc3)n2)cc1.c1ccc(-c2nc(-c3cccc(-n4c5ccccc5c5ccccc54)c3)cc(-c3cccc(-n4c5ccccc5c5ccccc54)c3)n2)cc1.c1ccc(-c2nc(-c3cccc(-n4c5ccccc5c5ccccc54)c3)nc(-c3cccc(-n4c5ccccc5c5ccccc54)c3)n2)cc1. The highest BCUT2D eigenvalue weighted by molar-refractivity contribution is 6.15. The van der Waals surface area contributed by atoms with E-state index in [2.05, 4.69) is 482 Å². The Labute approximate surface area is 862 Å². The van der Waals surface area contributed by atoms with Crippen LogP contribution in [0.1, 0.15) is 0 Å². The Morgan fingerprint density at radius 2 is 0.253 bits per heavy atom. The van der Waals surface area contributed by atoms with E-state index < -0.39 is 0 Å². The van der Waals surface area contributed by atoms with E-state index in [9.17, 15) is 0 Å². The average molecular weight is 1920 g/mol. The zero-order valence-corrected chi connectivity index (χ0v) is 81.1. The Bertz CT molecular complexity index is 9250. The van der Waals surface area contributed by atoms with Gasteiger partial charge in [0, 0.05) is 149 Å². The number of rotatable bonds is 15. The van der Waals surface area contributed by atoms with Gasteiger partial charge in [0.1, 0.15) is 0 Å². The van der Waals surface area contributed by atoms with E-state index in [0.29, 0.717) is 40.8 Å². The minimum Gasteiger partial charge on any atom is -0.309 e. The molecule has 30 aromatic rings. The molecule has 9 heterocycles. The van der Waals surface area contributed by atoms with Crippen LogP contribution in [0.4, 0.5) is 0 Å². The molecule has 14 heteroatoms. The van der Waals surface area contributed by atoms with Gasteiger partial charge >= 0.3 is 0 Å². The summed E-state index contributed by atoms with van der Waals surface area (Å²) in [5.41, 5.74) is 30.9. The molecule has 0 aliphatic rings. The van der Waals surface area contributed by atoms with Gasteiger partial charge in [0.05, 0.1) is 77.6 Å². The fourth-order valence-corrected chi connectivity index (χ4v) is 22.1. The number of aromatic nitrogens is 14. The van der Waals surface area contributed by atoms with Crippen molar-refractivity contribution in [1.29, 1.82) is 0 Å². The number of nitrogens with zero attached hydrogens (tertiary/aromatic N) is 14. The van der Waals surface area contributed by atoms with E-state index in [4.69, 9.17) is 39.9 Å². The van der Waals surface area contributed by atoms with Crippen LogP contribution in [-0.4, -0.2) is 67.3 Å². The van der Waals surface area contributed by atoms with Gasteiger partial charge in [0.2, 0.25) is 0 Å². The van der Waals surface area contributed by atoms with Gasteiger partial charge in [-0.25, -0.2) is 39.9 Å². The molecule has 30 rings (SSSR count). The van der Waals surface area contributed by atoms with Gasteiger partial charge in [-0.1, -0.05) is 358 Å². The maximum atomic E-state index is 5.18. The van der Waals surface area contributed by atoms with Gasteiger partial charge in [-0.2, -0.15) is 0 Å². The molecule has 0 saturated carbocycles. The molecular formula is C136H88N14. The van der Waals surface area contributed by atoms with Crippen molar-refractivity contribution >= 4 is 131 Å². The van der Waals surface area contributed by atoms with Gasteiger partial charge in [-0.3, -0.25) is 0 Å². The van der Waals surface area contributed by atoms with E-state index >= 15 is 0 Å². The quantitative estimate of drug-likeness (QED) is 0.0991. The molecule has 14 nitrogen and oxygen atoms in total. The summed E-state index contributed by atoms with van der Waals surface area (Å²) in [6.07, 6.45) is 0. The second-order valence-corrected chi connectivity index (χ2v) is 37.7. The Balaban J connectivity index is 0.000000108. The molecule has 0 spiro atoms. The van der Waals surface area contributed by atoms with E-state index in [-0.39, 0.29) is 0 Å². The summed E-state index contributed by atoms with van der Waals surface area (Å²) >= 11 is 0. The standard InChI is InChI=1S/C46H30N4.2C45H29N5/c1-2-14-31(15-3-1)46-47-40(32-16-12-18-34(28-32)49-42-24-8-4-20-36(42)37-21-5-9-25-43(37)49)30-41(48-46)33-17-13-19-35(29-33)50-44-26-10-6-22-38(44)39-23-7-11-27-45(39)50;1-2-14-30(15-3-1)43-46-44(31-16-12-18-33(28-31)49-39-24-8-4-20-35(39)36-21-5-9-25-40(36)49)48-45(47-43)32-17-13-19-34(29-32)50-41-26-10-6-22-37(41)38-23-7-11-27-42(38)50;1-2-12-30(13-3-1)43-46-44(31-22-26-33(27-23-31)49-39-18-8-4-14-35(39)36-15-5-9-19-40(36)49)48-45(47-43)32-24-28-34(29-25-32)50-41-20-10-6-16-37(41)38-17-7-11-21-42(38)50/h1-30H;2*1-29H. The van der Waals surface area contributed by atoms with E-state index in [1.807, 2.05) is 78.9 Å². The molecule has 0 bridgehead atoms. The minimum absolute atomic E-state index is 0.624. The molecular weight excluding hydrogens is 1830 g/mol. The van der Waals surface area contributed by atoms with Crippen molar-refractivity contribution in [3.63, 3.8) is 0 Å². The molecule has 9 aromatic heterocycles. The van der Waals surface area contributed by atoms with Crippen LogP contribution in [0.5, 0.6) is 0 Å². The fraction of sp³-hybridized carbons (Fsp3) is 0. The predicted octanol–water partition coefficient (Wildman–Crippen LogP) is 33.8. The summed E-state index contributed by atoms with van der Waals surface area (Å²) in [5, 5.41) is 14.8. The smallest absolute Gasteiger partial charge is 0.164 e. The predicted molar refractivity (Wildman–Crippen MR) is 617 cm³/mol. The van der Waals surface area contributed by atoms with Crippen molar-refractivity contribution < 1.29 is 0 Å². The van der Waals surface area contributed by atoms with Crippen LogP contribution < -0.4 is 0 Å². The van der Waals surface area contributed by atoms with E-state index in [1.54, 1.807) is 0 Å². The zero-order valence-electron chi connectivity index (χ0n) is 81.1. The van der Waals surface area contributed by atoms with Crippen LogP contribution in [-0.2, 0) is 0 Å². The van der Waals surface area contributed by atoms with Gasteiger partial charge in [-0.15, -0.1) is 0 Å². The topological polar surface area (TPSA) is 133 Å². The second-order valence-electron chi connectivity index (χ2n) is 37.7. The first-order valence-corrected chi connectivity index (χ1v) is 50.5. The molecule has 21 aromatic carbocycles. The number of fused-ring (bicyclic) bond motifs is 18. The molecule has 0 atom stereocenters. The van der Waals surface area contributed by atoms with Gasteiger partial charge in [-0.05, 0) is 176 Å². The van der Waals surface area contributed by atoms with Crippen molar-refractivity contribution in [1.82, 2.24) is 67.3 Å². The summed E-state index contributed by atoms with van der Waals surface area (Å²) in [6.45, 7) is 0. The molecule has 0 unspecified atom stereocenters. The lowest BCUT2D eigenvalue weighted by molar-refractivity contribution is 1.07. The highest BCUT2D eigenvalue weighted by atomic mass is 15.1. The number of hydrogen-bond acceptors (Lipinski definition) is 8. The third-order valence-electron chi connectivity index (χ3n) is 28.9. The van der Waals surface area contributed by atoms with Crippen molar-refractivity contribution in [3.8, 4) is 136 Å². The lowest BCUT2D eigenvalue weighted by Gasteiger charge is -2.13. The Morgan fingerprint density at radius 1 is 0.100 bits per heavy atom. The lowest BCUT2D eigenvalue weighted by Crippen LogP contribution is -2.02. The lowest BCUT2D eigenvalue weighted by atomic mass is 10.1. The maximum Gasteiger partial charge on any atom is 0.164 e. The van der Waals surface area contributed by atoms with Crippen LogP contribution >= 0.6 is 0 Å². The first-order chi connectivity index (χ1) is 74.4. The van der Waals surface area contributed by atoms with E-state index in [1.165, 1.54) is 109 Å². The Morgan fingerprint density at radius 3 is 0.467 bits per heavy atom. The first-order valence-electron chi connectivity index (χ1n) is 50.5. The molecule has 0 amide bonds. The summed E-state index contributed by atoms with van der Waals surface area (Å²) in [5.74, 6) is 4.49. The minimum atomic E-state index is 0.624. The molecule has 0 aliphatic carbocycles. The van der Waals surface area contributed by atoms with Gasteiger partial charge in [0.15, 0.2) is 40.8 Å². The molecule has 0 saturated heterocycles. The fourth-order valence-electron chi connectivity index (χ4n) is 22.1. The zero-order chi connectivity index (χ0) is 99.1. The number of benzene rings is 21. The van der Waals surface area contributed by atoms with Crippen LogP contribution in [0.2, 0.25) is 0 Å². The van der Waals surface area contributed by atoms with Crippen LogP contribution in [0, 0.1) is 0 Å². The first kappa shape index (κ1) is 87.3. The van der Waals surface area contributed by atoms with Crippen molar-refractivity contribution in [2.75, 3.05) is 0 Å². The largest absolute Gasteiger partial charge is 0.309 e. The molecule has 150 heavy (non-hydrogen) atoms. The Hall–Kier alpha value is -20.5. The summed E-state index contributed by atoms with van der Waals surface area (Å²) < 4.78 is 14.0. The third kappa shape index (κ3) is 15.4. The maximum absolute atomic E-state index is 5.18. The highest BCUT2D eigenvalue weighted by Crippen LogP contribution is 2.44. The molecule has 0 radical (unpaired) electrons. The van der Waals surface area contributed by atoms with Crippen molar-refractivity contribution in [3.05, 3.63) is 534 Å². The van der Waals surface area contributed by atoms with Gasteiger partial charge < -0.3 is 27.4 Å². The molecule has 0 aliphatic heterocycles. The number of para-hydroxylation sites is 12. The summed E-state index contributed by atoms with van der Waals surface area (Å²) in [4.78, 5) is 40.6. The highest BCUT2D eigenvalue weighted by Gasteiger charge is 2.25. The van der Waals surface area contributed by atoms with Crippen LogP contribution in [0.3, 0.4) is 0 Å². The molecule has 0 N–H and O–H groups in total. The van der Waals surface area contributed by atoms with Crippen molar-refractivity contribution in [2.45, 2.75) is 0 Å². The summed E-state index contributed by atoms with van der Waals surface area (Å²) in [7, 11) is 0.